The number of piperidine rings is 2. The molecule has 63 heavy (non-hydrogen) atoms. The van der Waals surface area contributed by atoms with E-state index in [4.69, 9.17) is 18.9 Å². The highest BCUT2D eigenvalue weighted by Crippen LogP contribution is 2.30. The van der Waals surface area contributed by atoms with Crippen LogP contribution in [0.1, 0.15) is 110 Å². The fourth-order valence-electron chi connectivity index (χ4n) is 7.75. The molecular formula is C48H71N5O10. The smallest absolute Gasteiger partial charge is 0.410 e. The molecule has 1 unspecified atom stereocenters. The van der Waals surface area contributed by atoms with Crippen LogP contribution >= 0.6 is 0 Å². The Morgan fingerprint density at radius 1 is 0.698 bits per heavy atom. The maximum atomic E-state index is 13.9. The minimum absolute atomic E-state index is 0.0148. The molecule has 1 atom stereocenters. The van der Waals surface area contributed by atoms with Crippen LogP contribution in [0, 0.1) is 17.8 Å². The van der Waals surface area contributed by atoms with E-state index in [1.165, 1.54) is 0 Å². The predicted molar refractivity (Wildman–Crippen MR) is 239 cm³/mol. The van der Waals surface area contributed by atoms with Crippen LogP contribution in [0.5, 0.6) is 5.75 Å². The van der Waals surface area contributed by atoms with Crippen LogP contribution in [0.4, 0.5) is 9.59 Å². The molecule has 0 aliphatic carbocycles. The fourth-order valence-corrected chi connectivity index (χ4v) is 7.75. The summed E-state index contributed by atoms with van der Waals surface area (Å²) in [5.41, 5.74) is 0.575. The Balaban J connectivity index is 1.35. The summed E-state index contributed by atoms with van der Waals surface area (Å²) in [7, 11) is 1.58. The molecule has 2 saturated heterocycles. The summed E-state index contributed by atoms with van der Waals surface area (Å²) >= 11 is 0. The standard InChI is InChI=1S/C48H71N5O10/c1-47(2,3)62-45(58)52-26-21-34(22-27-52)16-18-38(19-17-35-23-28-53(29-24-35)46(59)63-48(4,5)6)43(56)50-32-41(54)51-40(31-42(55)61-33-37-12-9-8-10-13-37)44(57)49-25-20-36-14-11-15-39(30-36)60-7/h8-15,30,34-35,38,40H,16-29,31-33H2,1-7H3,(H,49,57)(H,50,56)(H,51,54). The van der Waals surface area contributed by atoms with Gasteiger partial charge in [0.2, 0.25) is 17.7 Å². The van der Waals surface area contributed by atoms with E-state index in [1.54, 1.807) is 16.9 Å². The molecule has 2 fully saturated rings. The summed E-state index contributed by atoms with van der Waals surface area (Å²) in [5, 5.41) is 8.30. The molecule has 0 radical (unpaired) electrons. The molecule has 4 rings (SSSR count). The molecule has 2 aliphatic rings. The number of esters is 1. The van der Waals surface area contributed by atoms with Crippen LogP contribution in [0.15, 0.2) is 54.6 Å². The number of hydrogen-bond acceptors (Lipinski definition) is 10. The van der Waals surface area contributed by atoms with Gasteiger partial charge in [-0.3, -0.25) is 19.2 Å². The van der Waals surface area contributed by atoms with Crippen LogP contribution in [-0.4, -0.2) is 109 Å². The molecule has 0 bridgehead atoms. The first-order chi connectivity index (χ1) is 29.9. The Bertz CT molecular complexity index is 1740. The SMILES string of the molecule is COc1cccc(CCNC(=O)C(CC(=O)OCc2ccccc2)NC(=O)CNC(=O)C(CCC2CCN(C(=O)OC(C)(C)C)CC2)CCC2CCN(C(=O)OC(C)(C)C)CC2)c1. The van der Waals surface area contributed by atoms with Crippen molar-refractivity contribution < 1.29 is 47.7 Å². The molecular weight excluding hydrogens is 807 g/mol. The fraction of sp³-hybridized carbons (Fsp3) is 0.625. The Labute approximate surface area is 373 Å². The van der Waals surface area contributed by atoms with Crippen molar-refractivity contribution in [2.45, 2.75) is 130 Å². The number of nitrogens with zero attached hydrogens (tertiary/aromatic N) is 2. The summed E-state index contributed by atoms with van der Waals surface area (Å²) in [6, 6.07) is 15.4. The van der Waals surface area contributed by atoms with Gasteiger partial charge < -0.3 is 44.7 Å². The van der Waals surface area contributed by atoms with Crippen molar-refractivity contribution in [1.29, 1.82) is 0 Å². The number of rotatable bonds is 19. The first-order valence-electron chi connectivity index (χ1n) is 22.5. The number of likely N-dealkylation sites (tertiary alicyclic amines) is 2. The van der Waals surface area contributed by atoms with Crippen molar-refractivity contribution in [3.8, 4) is 5.75 Å². The highest BCUT2D eigenvalue weighted by atomic mass is 16.6. The normalized spacial score (nSPS) is 15.6. The van der Waals surface area contributed by atoms with E-state index in [0.29, 0.717) is 63.0 Å². The molecule has 0 spiro atoms. The first-order valence-corrected chi connectivity index (χ1v) is 22.5. The van der Waals surface area contributed by atoms with Gasteiger partial charge in [-0.25, -0.2) is 9.59 Å². The number of methoxy groups -OCH3 is 1. The zero-order chi connectivity index (χ0) is 46.0. The van der Waals surface area contributed by atoms with E-state index in [0.717, 1.165) is 49.7 Å². The molecule has 3 N–H and O–H groups in total. The minimum atomic E-state index is -1.24. The van der Waals surface area contributed by atoms with E-state index < -0.39 is 41.4 Å². The lowest BCUT2D eigenvalue weighted by molar-refractivity contribution is -0.147. The van der Waals surface area contributed by atoms with Gasteiger partial charge in [-0.15, -0.1) is 0 Å². The molecule has 348 valence electrons. The van der Waals surface area contributed by atoms with Crippen molar-refractivity contribution in [2.75, 3.05) is 46.4 Å². The van der Waals surface area contributed by atoms with E-state index in [2.05, 4.69) is 16.0 Å². The van der Waals surface area contributed by atoms with Gasteiger partial charge in [0.15, 0.2) is 0 Å². The van der Waals surface area contributed by atoms with Gasteiger partial charge in [-0.1, -0.05) is 42.5 Å². The highest BCUT2D eigenvalue weighted by molar-refractivity contribution is 5.92. The molecule has 2 aliphatic heterocycles. The average molecular weight is 878 g/mol. The Morgan fingerprint density at radius 3 is 1.76 bits per heavy atom. The minimum Gasteiger partial charge on any atom is -0.497 e. The maximum Gasteiger partial charge on any atom is 0.410 e. The van der Waals surface area contributed by atoms with E-state index in [-0.39, 0.29) is 43.7 Å². The zero-order valence-corrected chi connectivity index (χ0v) is 38.5. The van der Waals surface area contributed by atoms with Crippen molar-refractivity contribution >= 4 is 35.9 Å². The van der Waals surface area contributed by atoms with Crippen molar-refractivity contribution in [2.24, 2.45) is 17.8 Å². The lowest BCUT2D eigenvalue weighted by Gasteiger charge is -2.34. The van der Waals surface area contributed by atoms with Gasteiger partial charge in [0.25, 0.3) is 0 Å². The third kappa shape index (κ3) is 18.9. The largest absolute Gasteiger partial charge is 0.497 e. The second-order valence-corrected chi connectivity index (χ2v) is 18.8. The molecule has 15 heteroatoms. The first kappa shape index (κ1) is 50.3. The second-order valence-electron chi connectivity index (χ2n) is 18.8. The zero-order valence-electron chi connectivity index (χ0n) is 38.5. The van der Waals surface area contributed by atoms with Crippen LogP contribution in [0.3, 0.4) is 0 Å². The Morgan fingerprint density at radius 2 is 1.24 bits per heavy atom. The molecule has 15 nitrogen and oxygen atoms in total. The van der Waals surface area contributed by atoms with Crippen molar-refractivity contribution in [3.05, 3.63) is 65.7 Å². The van der Waals surface area contributed by atoms with E-state index in [9.17, 15) is 28.8 Å². The van der Waals surface area contributed by atoms with Crippen LogP contribution in [-0.2, 0) is 46.4 Å². The molecule has 2 heterocycles. The lowest BCUT2D eigenvalue weighted by atomic mass is 9.84. The predicted octanol–water partition coefficient (Wildman–Crippen LogP) is 6.56. The molecule has 5 amide bonds. The van der Waals surface area contributed by atoms with E-state index in [1.807, 2.05) is 96.1 Å². The number of carbonyl (C=O) groups excluding carboxylic acids is 6. The molecule has 2 aromatic rings. The van der Waals surface area contributed by atoms with Gasteiger partial charge in [0, 0.05) is 38.6 Å². The van der Waals surface area contributed by atoms with Crippen LogP contribution in [0.25, 0.3) is 0 Å². The summed E-state index contributed by atoms with van der Waals surface area (Å²) < 4.78 is 21.9. The summed E-state index contributed by atoms with van der Waals surface area (Å²) in [6.07, 6.45) is 5.44. The third-order valence-electron chi connectivity index (χ3n) is 11.3. The lowest BCUT2D eigenvalue weighted by Crippen LogP contribution is -2.51. The van der Waals surface area contributed by atoms with Gasteiger partial charge in [0.1, 0.15) is 29.6 Å². The average Bonchev–Trinajstić information content (AvgIpc) is 3.24. The Hall–Kier alpha value is -5.34. The Kier molecular flexibility index (Phi) is 19.6. The summed E-state index contributed by atoms with van der Waals surface area (Å²) in [6.45, 7) is 13.3. The molecule has 2 aromatic carbocycles. The van der Waals surface area contributed by atoms with Crippen molar-refractivity contribution in [1.82, 2.24) is 25.8 Å². The van der Waals surface area contributed by atoms with Gasteiger partial charge in [-0.05, 0) is 134 Å². The topological polar surface area (TPSA) is 182 Å². The monoisotopic (exact) mass is 878 g/mol. The van der Waals surface area contributed by atoms with Crippen LogP contribution < -0.4 is 20.7 Å². The second kappa shape index (κ2) is 24.5. The number of carbonyl (C=O) groups is 6. The van der Waals surface area contributed by atoms with Gasteiger partial charge in [0.05, 0.1) is 20.1 Å². The number of ether oxygens (including phenoxy) is 4. The van der Waals surface area contributed by atoms with Crippen LogP contribution in [0.2, 0.25) is 0 Å². The summed E-state index contributed by atoms with van der Waals surface area (Å²) in [5.74, 6) is -1.13. The van der Waals surface area contributed by atoms with Gasteiger partial charge >= 0.3 is 18.2 Å². The third-order valence-corrected chi connectivity index (χ3v) is 11.3. The molecule has 0 saturated carbocycles. The summed E-state index contributed by atoms with van der Waals surface area (Å²) in [4.78, 5) is 82.5. The maximum absolute atomic E-state index is 13.9. The quantitative estimate of drug-likeness (QED) is 0.103. The number of hydrogen-bond donors (Lipinski definition) is 3. The number of nitrogens with one attached hydrogen (secondary N) is 3. The number of amides is 5. The number of benzene rings is 2. The van der Waals surface area contributed by atoms with Gasteiger partial charge in [-0.2, -0.15) is 0 Å². The highest BCUT2D eigenvalue weighted by Gasteiger charge is 2.31. The van der Waals surface area contributed by atoms with E-state index >= 15 is 0 Å². The molecule has 0 aromatic heterocycles. The van der Waals surface area contributed by atoms with Crippen molar-refractivity contribution in [3.63, 3.8) is 0 Å².